The molecule has 0 aliphatic rings. The molecule has 1 nitrogen and oxygen atoms in total. The Labute approximate surface area is 110 Å². The Morgan fingerprint density at radius 3 is 2.06 bits per heavy atom. The number of aromatic nitrogens is 1. The molecule has 1 aromatic heterocycles. The maximum absolute atomic E-state index is 2.37. The van der Waals surface area contributed by atoms with Crippen molar-refractivity contribution in [1.29, 1.82) is 0 Å². The lowest BCUT2D eigenvalue weighted by Gasteiger charge is -2.27. The van der Waals surface area contributed by atoms with Crippen LogP contribution in [0.4, 0.5) is 0 Å². The van der Waals surface area contributed by atoms with Crippen LogP contribution in [-0.4, -0.2) is 0 Å². The second-order valence-electron chi connectivity index (χ2n) is 5.93. The molecule has 1 atom stereocenters. The summed E-state index contributed by atoms with van der Waals surface area (Å²) in [5, 5.41) is 0. The minimum absolute atomic E-state index is 0.179. The second kappa shape index (κ2) is 4.93. The highest BCUT2D eigenvalue weighted by molar-refractivity contribution is 5.19. The summed E-state index contributed by atoms with van der Waals surface area (Å²) in [5.41, 5.74) is 2.84. The number of nitrogens with zero attached hydrogens (tertiary/aromatic N) is 1. The lowest BCUT2D eigenvalue weighted by Crippen LogP contribution is -2.48. The number of benzene rings is 1. The second-order valence-corrected chi connectivity index (χ2v) is 5.93. The SMILES string of the molecule is Cc1cccc[n+]1C(c1ccccc1)C(C)(C)C. The molecule has 94 valence electrons. The standard InChI is InChI=1S/C17H22N/c1-14-10-8-9-13-18(14)16(17(2,3)4)15-11-6-5-7-12-15/h5-13,16H,1-4H3/q+1. The fourth-order valence-electron chi connectivity index (χ4n) is 2.54. The summed E-state index contributed by atoms with van der Waals surface area (Å²) in [7, 11) is 0. The molecule has 1 heterocycles. The third kappa shape index (κ3) is 2.61. The van der Waals surface area contributed by atoms with E-state index >= 15 is 0 Å². The normalized spacial score (nSPS) is 13.3. The van der Waals surface area contributed by atoms with Gasteiger partial charge in [0.1, 0.15) is 0 Å². The summed E-state index contributed by atoms with van der Waals surface area (Å²) in [6.45, 7) is 9.06. The van der Waals surface area contributed by atoms with E-state index in [2.05, 4.69) is 87.0 Å². The van der Waals surface area contributed by atoms with Crippen LogP contribution in [0.1, 0.15) is 38.1 Å². The molecule has 1 heteroatoms. The molecule has 0 fully saturated rings. The smallest absolute Gasteiger partial charge is 0.188 e. The molecule has 0 saturated carbocycles. The number of aryl methyl sites for hydroxylation is 1. The zero-order valence-corrected chi connectivity index (χ0v) is 11.7. The minimum atomic E-state index is 0.179. The van der Waals surface area contributed by atoms with Crippen LogP contribution in [0.3, 0.4) is 0 Å². The van der Waals surface area contributed by atoms with Crippen LogP contribution in [0.2, 0.25) is 0 Å². The van der Waals surface area contributed by atoms with Crippen LogP contribution < -0.4 is 4.57 Å². The van der Waals surface area contributed by atoms with Gasteiger partial charge >= 0.3 is 0 Å². The summed E-state index contributed by atoms with van der Waals surface area (Å²) in [4.78, 5) is 0. The molecule has 1 aromatic carbocycles. The van der Waals surface area contributed by atoms with Crippen molar-refractivity contribution in [3.8, 4) is 0 Å². The third-order valence-electron chi connectivity index (χ3n) is 3.32. The van der Waals surface area contributed by atoms with Crippen molar-refractivity contribution in [2.45, 2.75) is 33.7 Å². The lowest BCUT2D eigenvalue weighted by molar-refractivity contribution is -0.731. The Morgan fingerprint density at radius 2 is 1.50 bits per heavy atom. The highest BCUT2D eigenvalue weighted by atomic mass is 15.0. The van der Waals surface area contributed by atoms with Gasteiger partial charge in [0.2, 0.25) is 0 Å². The first-order chi connectivity index (χ1) is 8.50. The third-order valence-corrected chi connectivity index (χ3v) is 3.32. The Bertz CT molecular complexity index is 509. The van der Waals surface area contributed by atoms with Gasteiger partial charge in [-0.15, -0.1) is 0 Å². The van der Waals surface area contributed by atoms with Gasteiger partial charge in [-0.05, 0) is 0 Å². The van der Waals surface area contributed by atoms with Crippen molar-refractivity contribution in [1.82, 2.24) is 0 Å². The van der Waals surface area contributed by atoms with E-state index in [1.807, 2.05) is 0 Å². The molecule has 0 radical (unpaired) electrons. The lowest BCUT2D eigenvalue weighted by atomic mass is 9.82. The summed E-state index contributed by atoms with van der Waals surface area (Å²) < 4.78 is 2.37. The summed E-state index contributed by atoms with van der Waals surface area (Å²) in [6, 6.07) is 17.5. The molecule has 0 bridgehead atoms. The Balaban J connectivity index is 2.55. The number of hydrogen-bond acceptors (Lipinski definition) is 0. The van der Waals surface area contributed by atoms with E-state index in [-0.39, 0.29) is 5.41 Å². The van der Waals surface area contributed by atoms with E-state index in [9.17, 15) is 0 Å². The fraction of sp³-hybridized carbons (Fsp3) is 0.353. The topological polar surface area (TPSA) is 3.88 Å². The predicted molar refractivity (Wildman–Crippen MR) is 75.4 cm³/mol. The molecular weight excluding hydrogens is 218 g/mol. The van der Waals surface area contributed by atoms with Crippen LogP contribution in [0.5, 0.6) is 0 Å². The van der Waals surface area contributed by atoms with Crippen molar-refractivity contribution < 1.29 is 4.57 Å². The number of hydrogen-bond donors (Lipinski definition) is 0. The van der Waals surface area contributed by atoms with Crippen LogP contribution in [0.25, 0.3) is 0 Å². The molecule has 0 amide bonds. The first-order valence-corrected chi connectivity index (χ1v) is 6.52. The quantitative estimate of drug-likeness (QED) is 0.701. The van der Waals surface area contributed by atoms with E-state index in [1.54, 1.807) is 0 Å². The molecule has 0 aliphatic carbocycles. The van der Waals surface area contributed by atoms with Gasteiger partial charge in [0.05, 0.1) is 0 Å². The first kappa shape index (κ1) is 12.8. The molecule has 0 aliphatic heterocycles. The Morgan fingerprint density at radius 1 is 0.889 bits per heavy atom. The molecule has 18 heavy (non-hydrogen) atoms. The molecular formula is C17H22N+. The van der Waals surface area contributed by atoms with E-state index in [1.165, 1.54) is 11.3 Å². The maximum Gasteiger partial charge on any atom is 0.188 e. The van der Waals surface area contributed by atoms with E-state index in [0.29, 0.717) is 6.04 Å². The Kier molecular flexibility index (Phi) is 3.51. The van der Waals surface area contributed by atoms with Crippen LogP contribution in [0, 0.1) is 12.3 Å². The van der Waals surface area contributed by atoms with Gasteiger partial charge in [0, 0.05) is 30.0 Å². The molecule has 0 saturated heterocycles. The largest absolute Gasteiger partial charge is 0.195 e. The van der Waals surface area contributed by atoms with Crippen LogP contribution in [0.15, 0.2) is 54.7 Å². The van der Waals surface area contributed by atoms with Gasteiger partial charge in [-0.2, -0.15) is 4.57 Å². The molecule has 1 unspecified atom stereocenters. The highest BCUT2D eigenvalue weighted by Crippen LogP contribution is 2.32. The summed E-state index contributed by atoms with van der Waals surface area (Å²) >= 11 is 0. The van der Waals surface area contributed by atoms with Crippen molar-refractivity contribution in [3.05, 3.63) is 66.0 Å². The van der Waals surface area contributed by atoms with E-state index < -0.39 is 0 Å². The number of rotatable bonds is 2. The zero-order valence-electron chi connectivity index (χ0n) is 11.7. The van der Waals surface area contributed by atoms with E-state index in [0.717, 1.165) is 0 Å². The minimum Gasteiger partial charge on any atom is -0.195 e. The average molecular weight is 240 g/mol. The van der Waals surface area contributed by atoms with Gasteiger partial charge in [0.15, 0.2) is 17.9 Å². The summed E-state index contributed by atoms with van der Waals surface area (Å²) in [6.07, 6.45) is 2.18. The molecule has 0 spiro atoms. The van der Waals surface area contributed by atoms with Gasteiger partial charge in [-0.3, -0.25) is 0 Å². The Hall–Kier alpha value is -1.63. The maximum atomic E-state index is 2.37. The van der Waals surface area contributed by atoms with Crippen molar-refractivity contribution >= 4 is 0 Å². The van der Waals surface area contributed by atoms with Crippen molar-refractivity contribution in [2.75, 3.05) is 0 Å². The van der Waals surface area contributed by atoms with Gasteiger partial charge in [-0.1, -0.05) is 57.2 Å². The van der Waals surface area contributed by atoms with Gasteiger partial charge < -0.3 is 0 Å². The van der Waals surface area contributed by atoms with Gasteiger partial charge in [0.25, 0.3) is 0 Å². The fourth-order valence-corrected chi connectivity index (χ4v) is 2.54. The number of pyridine rings is 1. The zero-order chi connectivity index (χ0) is 13.2. The first-order valence-electron chi connectivity index (χ1n) is 6.52. The summed E-state index contributed by atoms with van der Waals surface area (Å²) in [5.74, 6) is 0. The predicted octanol–water partition coefficient (Wildman–Crippen LogP) is 3.92. The molecule has 0 N–H and O–H groups in total. The molecule has 2 aromatic rings. The van der Waals surface area contributed by atoms with Crippen molar-refractivity contribution in [3.63, 3.8) is 0 Å². The van der Waals surface area contributed by atoms with Gasteiger partial charge in [-0.25, -0.2) is 0 Å². The monoisotopic (exact) mass is 240 g/mol. The molecule has 2 rings (SSSR count). The van der Waals surface area contributed by atoms with Crippen LogP contribution in [-0.2, 0) is 0 Å². The van der Waals surface area contributed by atoms with Crippen molar-refractivity contribution in [2.24, 2.45) is 5.41 Å². The average Bonchev–Trinajstić information content (AvgIpc) is 2.32. The van der Waals surface area contributed by atoms with E-state index in [4.69, 9.17) is 0 Å². The van der Waals surface area contributed by atoms with Crippen LogP contribution >= 0.6 is 0 Å². The highest BCUT2D eigenvalue weighted by Gasteiger charge is 2.35.